The van der Waals surface area contributed by atoms with Gasteiger partial charge in [-0.1, -0.05) is 116 Å². The van der Waals surface area contributed by atoms with Gasteiger partial charge >= 0.3 is 0 Å². The Morgan fingerprint density at radius 1 is 0.571 bits per heavy atom. The van der Waals surface area contributed by atoms with Crippen molar-refractivity contribution in [1.82, 2.24) is 0 Å². The minimum absolute atomic E-state index is 0.00250. The van der Waals surface area contributed by atoms with Crippen LogP contribution in [-0.4, -0.2) is 6.71 Å². The van der Waals surface area contributed by atoms with Crippen molar-refractivity contribution in [3.8, 4) is 11.3 Å². The topological polar surface area (TPSA) is 19.6 Å². The van der Waals surface area contributed by atoms with Crippen LogP contribution in [0, 0.1) is 12.3 Å². The van der Waals surface area contributed by atoms with Crippen LogP contribution in [0.5, 0.6) is 0 Å². The van der Waals surface area contributed by atoms with E-state index in [0.29, 0.717) is 0 Å². The van der Waals surface area contributed by atoms with Gasteiger partial charge in [-0.25, -0.2) is 0 Å². The van der Waals surface area contributed by atoms with E-state index in [9.17, 15) is 0 Å². The summed E-state index contributed by atoms with van der Waals surface area (Å²) in [7, 11) is 0. The number of para-hydroxylation sites is 1. The minimum atomic E-state index is -0.00250. The van der Waals surface area contributed by atoms with Gasteiger partial charge in [0.25, 0.3) is 6.71 Å². The van der Waals surface area contributed by atoms with Crippen LogP contribution in [0.3, 0.4) is 0 Å². The number of hydrogen-bond donors (Lipinski definition) is 0. The minimum Gasteiger partial charge on any atom is -0.456 e. The fourth-order valence-corrected chi connectivity index (χ4v) is 9.73. The van der Waals surface area contributed by atoms with E-state index in [1.165, 1.54) is 78.3 Å². The van der Waals surface area contributed by atoms with E-state index in [-0.39, 0.29) is 23.0 Å². The van der Waals surface area contributed by atoms with Gasteiger partial charge in [-0.2, -0.15) is 0 Å². The normalized spacial score (nSPS) is 15.5. The summed E-state index contributed by atoms with van der Waals surface area (Å²) in [5.41, 5.74) is 20.6. The molecule has 0 fully saturated rings. The summed E-state index contributed by atoms with van der Waals surface area (Å²) in [5.74, 6) is 0.893. The monoisotopic (exact) mass is 730 g/mol. The summed E-state index contributed by atoms with van der Waals surface area (Å²) >= 11 is 0. The maximum atomic E-state index is 6.52. The Balaban J connectivity index is 1.26. The van der Waals surface area contributed by atoms with Gasteiger partial charge in [0.1, 0.15) is 11.3 Å². The summed E-state index contributed by atoms with van der Waals surface area (Å²) in [5, 5.41) is 1.12. The summed E-state index contributed by atoms with van der Waals surface area (Å²) < 4.78 is 6.52. The second-order valence-electron chi connectivity index (χ2n) is 19.5. The van der Waals surface area contributed by atoms with Gasteiger partial charge in [0.2, 0.25) is 0 Å². The smallest absolute Gasteiger partial charge is 0.252 e. The van der Waals surface area contributed by atoms with Gasteiger partial charge in [0.05, 0.1) is 0 Å². The molecule has 0 radical (unpaired) electrons. The molecule has 1 aromatic heterocycles. The van der Waals surface area contributed by atoms with Gasteiger partial charge in [-0.3, -0.25) is 0 Å². The van der Waals surface area contributed by atoms with Crippen molar-refractivity contribution in [3.63, 3.8) is 0 Å². The average molecular weight is 731 g/mol. The molecule has 4 heteroatoms. The summed E-state index contributed by atoms with van der Waals surface area (Å²) in [6, 6.07) is 46.2. The molecule has 3 heterocycles. The predicted molar refractivity (Wildman–Crippen MR) is 239 cm³/mol. The molecule has 0 unspecified atom stereocenters. The Labute approximate surface area is 333 Å². The number of benzene rings is 6. The first kappa shape index (κ1) is 35.0. The molecule has 278 valence electrons. The third kappa shape index (κ3) is 5.55. The number of furan rings is 1. The first-order chi connectivity index (χ1) is 26.6. The van der Waals surface area contributed by atoms with Crippen molar-refractivity contribution in [2.45, 2.75) is 86.0 Å². The molecule has 0 amide bonds. The maximum Gasteiger partial charge on any atom is 0.252 e. The number of rotatable bonds is 3. The highest BCUT2D eigenvalue weighted by Gasteiger charge is 2.44. The Morgan fingerprint density at radius 3 is 1.95 bits per heavy atom. The molecule has 1 aliphatic carbocycles. The first-order valence-corrected chi connectivity index (χ1v) is 20.4. The van der Waals surface area contributed by atoms with Crippen molar-refractivity contribution in [3.05, 3.63) is 149 Å². The lowest BCUT2D eigenvalue weighted by Crippen LogP contribution is -2.61. The fourth-order valence-electron chi connectivity index (χ4n) is 9.73. The van der Waals surface area contributed by atoms with E-state index < -0.39 is 0 Å². The molecule has 10 rings (SSSR count). The van der Waals surface area contributed by atoms with Crippen LogP contribution in [0.4, 0.5) is 34.1 Å². The zero-order valence-corrected chi connectivity index (χ0v) is 34.3. The number of hydrogen-bond acceptors (Lipinski definition) is 3. The molecule has 2 aliphatic heterocycles. The summed E-state index contributed by atoms with van der Waals surface area (Å²) in [6.45, 7) is 21.0. The van der Waals surface area contributed by atoms with Gasteiger partial charge < -0.3 is 14.2 Å². The lowest BCUT2D eigenvalue weighted by molar-refractivity contribution is 0.392. The van der Waals surface area contributed by atoms with Crippen molar-refractivity contribution in [2.24, 2.45) is 5.41 Å². The molecule has 0 spiro atoms. The number of aryl methyl sites for hydroxylation is 1. The lowest BCUT2D eigenvalue weighted by atomic mass is 9.33. The highest BCUT2D eigenvalue weighted by atomic mass is 16.3. The van der Waals surface area contributed by atoms with Gasteiger partial charge in [-0.15, -0.1) is 0 Å². The van der Waals surface area contributed by atoms with E-state index in [0.717, 1.165) is 35.1 Å². The Kier molecular flexibility index (Phi) is 7.50. The second-order valence-corrected chi connectivity index (χ2v) is 19.5. The molecule has 7 aromatic rings. The molecule has 3 aliphatic rings. The largest absolute Gasteiger partial charge is 0.456 e. The van der Waals surface area contributed by atoms with E-state index in [1.807, 2.05) is 6.07 Å². The number of anilines is 6. The van der Waals surface area contributed by atoms with Crippen molar-refractivity contribution in [1.29, 1.82) is 0 Å². The van der Waals surface area contributed by atoms with Crippen LogP contribution in [0.15, 0.2) is 126 Å². The third-order valence-electron chi connectivity index (χ3n) is 12.6. The van der Waals surface area contributed by atoms with E-state index in [1.54, 1.807) is 0 Å². The van der Waals surface area contributed by atoms with Crippen molar-refractivity contribution >= 4 is 68.2 Å². The van der Waals surface area contributed by atoms with Crippen molar-refractivity contribution in [2.75, 3.05) is 9.80 Å². The lowest BCUT2D eigenvalue weighted by Gasteiger charge is -2.45. The Hall–Kier alpha value is -5.48. The number of nitrogens with zero attached hydrogens (tertiary/aromatic N) is 2. The molecule has 0 atom stereocenters. The van der Waals surface area contributed by atoms with Gasteiger partial charge in [0, 0.05) is 45.1 Å². The first-order valence-electron chi connectivity index (χ1n) is 20.4. The van der Waals surface area contributed by atoms with Gasteiger partial charge in [0.15, 0.2) is 0 Å². The predicted octanol–water partition coefficient (Wildman–Crippen LogP) is 12.2. The van der Waals surface area contributed by atoms with E-state index >= 15 is 0 Å². The van der Waals surface area contributed by atoms with Crippen molar-refractivity contribution < 1.29 is 4.42 Å². The molecule has 6 aromatic carbocycles. The summed E-state index contributed by atoms with van der Waals surface area (Å²) in [6.07, 6.45) is 2.21. The Bertz CT molecular complexity index is 2690. The fraction of sp³-hybridized carbons (Fsp3) is 0.269. The second kappa shape index (κ2) is 12.0. The maximum absolute atomic E-state index is 6.52. The SMILES string of the molecule is Cc1cc2c3c(c1)N(c1ccc4c(c1)CC(C)(C)C4)c1cc(-c4cc5ccccc5o4)ccc1B3c1cc(C(C)(C)C)ccc1N2c1ccc(C(C)(C)C)cc1. The van der Waals surface area contributed by atoms with Crippen LogP contribution in [0.2, 0.25) is 0 Å². The zero-order valence-electron chi connectivity index (χ0n) is 34.3. The van der Waals surface area contributed by atoms with Crippen LogP contribution in [0.1, 0.15) is 83.2 Å². The molecule has 0 N–H and O–H groups in total. The number of fused-ring (bicyclic) bond motifs is 6. The molecule has 0 bridgehead atoms. The third-order valence-corrected chi connectivity index (χ3v) is 12.6. The standard InChI is InChI=1S/C52H51BN2O/c1-32-24-45-49-46(25-32)55(40-19-14-35-30-52(8,9)31-36(35)26-40)44-27-34(48-28-33-12-10-11-13-47(33)56-48)15-22-41(44)53(49)42-29-38(51(5,6)7)18-23-43(42)54(45)39-20-16-37(17-21-39)50(2,3)4/h10-29H,30-31H2,1-9H3. The zero-order chi connectivity index (χ0) is 38.9. The quantitative estimate of drug-likeness (QED) is 0.169. The summed E-state index contributed by atoms with van der Waals surface area (Å²) in [4.78, 5) is 5.10. The Morgan fingerprint density at radius 2 is 1.23 bits per heavy atom. The molecule has 0 saturated heterocycles. The highest BCUT2D eigenvalue weighted by molar-refractivity contribution is 7.00. The molecule has 3 nitrogen and oxygen atoms in total. The molecule has 56 heavy (non-hydrogen) atoms. The van der Waals surface area contributed by atoms with E-state index in [2.05, 4.69) is 187 Å². The van der Waals surface area contributed by atoms with Crippen LogP contribution < -0.4 is 26.2 Å². The van der Waals surface area contributed by atoms with E-state index in [4.69, 9.17) is 4.42 Å². The van der Waals surface area contributed by atoms with Crippen LogP contribution in [-0.2, 0) is 23.7 Å². The van der Waals surface area contributed by atoms with Gasteiger partial charge in [-0.05, 0) is 141 Å². The highest BCUT2D eigenvalue weighted by Crippen LogP contribution is 2.47. The molecular formula is C52H51BN2O. The average Bonchev–Trinajstić information content (AvgIpc) is 3.72. The molecular weight excluding hydrogens is 679 g/mol. The van der Waals surface area contributed by atoms with Crippen LogP contribution in [0.25, 0.3) is 22.3 Å². The van der Waals surface area contributed by atoms with Crippen LogP contribution >= 0.6 is 0 Å². The molecule has 0 saturated carbocycles.